The van der Waals surface area contributed by atoms with E-state index in [-0.39, 0.29) is 5.84 Å². The fraction of sp³-hybridized carbons (Fsp3) is 0.522. The summed E-state index contributed by atoms with van der Waals surface area (Å²) in [7, 11) is 0. The van der Waals surface area contributed by atoms with Gasteiger partial charge < -0.3 is 11.1 Å². The van der Waals surface area contributed by atoms with E-state index in [2.05, 4.69) is 31.3 Å². The first-order valence-corrected chi connectivity index (χ1v) is 12.5. The van der Waals surface area contributed by atoms with Gasteiger partial charge in [0.15, 0.2) is 15.0 Å². The Hall–Kier alpha value is -2.09. The third-order valence-electron chi connectivity index (χ3n) is 6.57. The van der Waals surface area contributed by atoms with Gasteiger partial charge in [0.05, 0.1) is 18.2 Å². The van der Waals surface area contributed by atoms with Gasteiger partial charge in [0, 0.05) is 5.70 Å². The minimum Gasteiger partial charge on any atom is -0.386 e. The van der Waals surface area contributed by atoms with Crippen LogP contribution in [0.2, 0.25) is 0 Å². The van der Waals surface area contributed by atoms with Crippen LogP contribution < -0.4 is 11.1 Å². The van der Waals surface area contributed by atoms with Crippen LogP contribution in [-0.4, -0.2) is 21.5 Å². The Balaban J connectivity index is 2.09. The average Bonchev–Trinajstić information content (AvgIpc) is 2.99. The maximum atomic E-state index is 10.9. The Morgan fingerprint density at radius 2 is 1.77 bits per heavy atom. The number of amidine groups is 1. The van der Waals surface area contributed by atoms with E-state index >= 15 is 0 Å². The molecule has 0 bridgehead atoms. The summed E-state index contributed by atoms with van der Waals surface area (Å²) in [4.78, 5) is 5.00. The molecule has 3 N–H and O–H groups in total. The van der Waals surface area contributed by atoms with Crippen LogP contribution in [0.25, 0.3) is 0 Å². The van der Waals surface area contributed by atoms with E-state index in [1.807, 2.05) is 30.3 Å². The van der Waals surface area contributed by atoms with Crippen molar-refractivity contribution in [2.24, 2.45) is 21.6 Å². The molecular formula is C23H27N5S2. The Bertz CT molecular complexity index is 968. The van der Waals surface area contributed by atoms with Crippen molar-refractivity contribution >= 4 is 29.4 Å². The highest BCUT2D eigenvalue weighted by atomic mass is 32.2. The van der Waals surface area contributed by atoms with Gasteiger partial charge in [-0.2, -0.15) is 10.5 Å². The van der Waals surface area contributed by atoms with Gasteiger partial charge in [-0.15, -0.1) is 23.5 Å². The number of nitrogens with two attached hydrogens (primary N) is 1. The number of nitrogens with one attached hydrogen (secondary N) is 1. The quantitative estimate of drug-likeness (QED) is 0.647. The summed E-state index contributed by atoms with van der Waals surface area (Å²) < 4.78 is -0.821. The molecule has 3 aliphatic rings. The van der Waals surface area contributed by atoms with Gasteiger partial charge in [-0.25, -0.2) is 4.99 Å². The molecule has 0 unspecified atom stereocenters. The van der Waals surface area contributed by atoms with Crippen LogP contribution in [0.15, 0.2) is 46.6 Å². The maximum absolute atomic E-state index is 10.9. The highest BCUT2D eigenvalue weighted by Crippen LogP contribution is 2.72. The molecule has 0 aromatic heterocycles. The van der Waals surface area contributed by atoms with Gasteiger partial charge in [-0.3, -0.25) is 0 Å². The average molecular weight is 438 g/mol. The zero-order valence-corrected chi connectivity index (χ0v) is 19.1. The normalized spacial score (nSPS) is 31.6. The Morgan fingerprint density at radius 1 is 1.10 bits per heavy atom. The van der Waals surface area contributed by atoms with E-state index < -0.39 is 21.1 Å². The topological polar surface area (TPSA) is 98.0 Å². The lowest BCUT2D eigenvalue weighted by atomic mass is 9.53. The Labute approximate surface area is 187 Å². The van der Waals surface area contributed by atoms with Crippen LogP contribution >= 0.6 is 23.5 Å². The molecule has 0 saturated carbocycles. The summed E-state index contributed by atoms with van der Waals surface area (Å²) in [6.45, 7) is 4.16. The van der Waals surface area contributed by atoms with Gasteiger partial charge in [0.25, 0.3) is 0 Å². The molecule has 0 amide bonds. The number of thioether (sulfide) groups is 2. The second-order valence-electron chi connectivity index (χ2n) is 7.88. The first kappa shape index (κ1) is 21.2. The standard InChI is InChI=1S/C23H27N5S2/c1-3-29-23(30-4-2)22(15-25)17-12-8-9-13-18(17)27-19(16-10-6-5-7-11-16)21(22,14-24)20(26)28-23/h5-7,10-11,19,27H,3-4,8-9,12-13H2,1-2H3,(H2,26,28)/t19-,21+,22+/m1/s1. The summed E-state index contributed by atoms with van der Waals surface area (Å²) >= 11 is 3.30. The largest absolute Gasteiger partial charge is 0.386 e. The second-order valence-corrected chi connectivity index (χ2v) is 11.1. The minimum absolute atomic E-state index is 0.284. The molecular weight excluding hydrogens is 410 g/mol. The van der Waals surface area contributed by atoms with Gasteiger partial charge in [-0.1, -0.05) is 44.2 Å². The zero-order chi connectivity index (χ0) is 21.4. The van der Waals surface area contributed by atoms with E-state index in [0.717, 1.165) is 54.0 Å². The van der Waals surface area contributed by atoms with Crippen molar-refractivity contribution in [1.29, 1.82) is 10.5 Å². The van der Waals surface area contributed by atoms with E-state index in [0.29, 0.717) is 0 Å². The van der Waals surface area contributed by atoms with Gasteiger partial charge in [0.1, 0.15) is 5.84 Å². The summed E-state index contributed by atoms with van der Waals surface area (Å²) in [5.41, 5.74) is 7.43. The molecule has 3 atom stereocenters. The third kappa shape index (κ3) is 2.52. The van der Waals surface area contributed by atoms with Crippen LogP contribution in [0, 0.1) is 33.5 Å². The lowest BCUT2D eigenvalue weighted by Gasteiger charge is -2.54. The molecule has 1 aliphatic carbocycles. The lowest BCUT2D eigenvalue weighted by molar-refractivity contribution is 0.185. The number of allylic oxidation sites excluding steroid dienone is 1. The van der Waals surface area contributed by atoms with Crippen LogP contribution in [0.3, 0.4) is 0 Å². The van der Waals surface area contributed by atoms with E-state index in [1.165, 1.54) is 0 Å². The van der Waals surface area contributed by atoms with Crippen molar-refractivity contribution in [3.8, 4) is 12.1 Å². The summed E-state index contributed by atoms with van der Waals surface area (Å²) in [6, 6.07) is 14.8. The molecule has 156 valence electrons. The van der Waals surface area contributed by atoms with Crippen molar-refractivity contribution in [3.05, 3.63) is 47.2 Å². The molecule has 30 heavy (non-hydrogen) atoms. The zero-order valence-electron chi connectivity index (χ0n) is 17.4. The molecule has 0 radical (unpaired) electrons. The van der Waals surface area contributed by atoms with Crippen LogP contribution in [-0.2, 0) is 0 Å². The van der Waals surface area contributed by atoms with E-state index in [4.69, 9.17) is 10.7 Å². The highest BCUT2D eigenvalue weighted by molar-refractivity contribution is 8.18. The van der Waals surface area contributed by atoms with Gasteiger partial charge >= 0.3 is 0 Å². The number of hydrogen-bond acceptors (Lipinski definition) is 7. The summed E-state index contributed by atoms with van der Waals surface area (Å²) in [6.07, 6.45) is 3.80. The summed E-state index contributed by atoms with van der Waals surface area (Å²) in [5.74, 6) is 1.87. The Morgan fingerprint density at radius 3 is 2.37 bits per heavy atom. The van der Waals surface area contributed by atoms with E-state index in [9.17, 15) is 10.5 Å². The highest BCUT2D eigenvalue weighted by Gasteiger charge is 2.77. The predicted octanol–water partition coefficient (Wildman–Crippen LogP) is 4.71. The number of hydrogen-bond donors (Lipinski definition) is 2. The number of rotatable bonds is 5. The third-order valence-corrected chi connectivity index (χ3v) is 9.43. The van der Waals surface area contributed by atoms with Gasteiger partial charge in [0.2, 0.25) is 0 Å². The number of fused-ring (bicyclic) bond motifs is 2. The molecule has 0 spiro atoms. The number of benzene rings is 1. The van der Waals surface area contributed by atoms with Crippen molar-refractivity contribution in [3.63, 3.8) is 0 Å². The monoisotopic (exact) mass is 437 g/mol. The summed E-state index contributed by atoms with van der Waals surface area (Å²) in [5, 5.41) is 25.4. The molecule has 7 heteroatoms. The first-order valence-electron chi connectivity index (χ1n) is 10.6. The maximum Gasteiger partial charge on any atom is 0.178 e. The van der Waals surface area contributed by atoms with Gasteiger partial charge in [-0.05, 0) is 48.3 Å². The van der Waals surface area contributed by atoms with Crippen molar-refractivity contribution < 1.29 is 0 Å². The van der Waals surface area contributed by atoms with Crippen molar-refractivity contribution in [1.82, 2.24) is 5.32 Å². The minimum atomic E-state index is -1.26. The smallest absolute Gasteiger partial charge is 0.178 e. The first-order chi connectivity index (χ1) is 14.6. The van der Waals surface area contributed by atoms with Crippen LogP contribution in [0.5, 0.6) is 0 Å². The molecule has 0 saturated heterocycles. The molecule has 4 rings (SSSR count). The predicted molar refractivity (Wildman–Crippen MR) is 125 cm³/mol. The molecule has 0 fully saturated rings. The number of aliphatic imine (C=N–C) groups is 1. The molecule has 5 nitrogen and oxygen atoms in total. The van der Waals surface area contributed by atoms with Crippen LogP contribution in [0.1, 0.15) is 51.1 Å². The fourth-order valence-electron chi connectivity index (χ4n) is 5.45. The van der Waals surface area contributed by atoms with E-state index in [1.54, 1.807) is 23.5 Å². The molecule has 1 aromatic rings. The second kappa shape index (κ2) is 7.87. The lowest BCUT2D eigenvalue weighted by Crippen LogP contribution is -2.62. The van der Waals surface area contributed by atoms with Crippen molar-refractivity contribution in [2.45, 2.75) is 49.8 Å². The fourth-order valence-corrected chi connectivity index (χ4v) is 8.69. The molecule has 1 aromatic carbocycles. The number of nitrogens with zero attached hydrogens (tertiary/aromatic N) is 3. The van der Waals surface area contributed by atoms with Crippen molar-refractivity contribution in [2.75, 3.05) is 11.5 Å². The van der Waals surface area contributed by atoms with Crippen LogP contribution in [0.4, 0.5) is 0 Å². The Kier molecular flexibility index (Phi) is 5.55. The molecule has 2 aliphatic heterocycles. The molecule has 2 heterocycles. The number of nitriles is 2. The SMILES string of the molecule is CCSC1(SCC)N=C(N)[C@]2(C#N)[C@@H](c3ccccc3)NC3=C(CCCC3)[C@]12C#N.